The molecule has 2 unspecified atom stereocenters. The third-order valence-electron chi connectivity index (χ3n) is 5.06. The van der Waals surface area contributed by atoms with Gasteiger partial charge in [-0.1, -0.05) is 24.6 Å². The molecule has 0 spiro atoms. The number of carbonyl (C=O) groups excluding carboxylic acids is 1. The fourth-order valence-corrected chi connectivity index (χ4v) is 3.98. The first kappa shape index (κ1) is 18.2. The van der Waals surface area contributed by atoms with E-state index in [4.69, 9.17) is 5.73 Å². The van der Waals surface area contributed by atoms with E-state index in [0.717, 1.165) is 25.1 Å². The highest BCUT2D eigenvalue weighted by Crippen LogP contribution is 2.32. The number of halogens is 1. The third kappa shape index (κ3) is 3.87. The zero-order chi connectivity index (χ0) is 15.5. The molecule has 128 valence electrons. The standard InChI is InChI=1S/C18H27N3O.ClH/c1-14-12-15-6-2-3-8-17(15)21(14)18(22)13-20-11-5-4-7-16(20)9-10-19;/h2-3,6,8,14,16H,4-5,7,9-13,19H2,1H3;1H. The first-order valence-electron chi connectivity index (χ1n) is 8.54. The van der Waals surface area contributed by atoms with Crippen molar-refractivity contribution in [1.29, 1.82) is 0 Å². The fraction of sp³-hybridized carbons (Fsp3) is 0.611. The SMILES string of the molecule is CC1Cc2ccccc2N1C(=O)CN1CCCCC1CCN.Cl. The van der Waals surface area contributed by atoms with Crippen LogP contribution in [0.4, 0.5) is 5.69 Å². The average molecular weight is 338 g/mol. The Morgan fingerprint density at radius 1 is 1.30 bits per heavy atom. The number of anilines is 1. The molecule has 1 amide bonds. The Balaban J connectivity index is 0.00000192. The van der Waals surface area contributed by atoms with Gasteiger partial charge in [0.05, 0.1) is 6.54 Å². The van der Waals surface area contributed by atoms with Crippen LogP contribution in [0.5, 0.6) is 0 Å². The lowest BCUT2D eigenvalue weighted by atomic mass is 9.99. The maximum atomic E-state index is 12.9. The summed E-state index contributed by atoms with van der Waals surface area (Å²) in [5.41, 5.74) is 8.13. The van der Waals surface area contributed by atoms with Crippen LogP contribution in [0.15, 0.2) is 24.3 Å². The number of rotatable bonds is 4. The number of nitrogens with zero attached hydrogens (tertiary/aromatic N) is 2. The predicted octanol–water partition coefficient (Wildman–Crippen LogP) is 2.59. The molecule has 1 fully saturated rings. The smallest absolute Gasteiger partial charge is 0.241 e. The van der Waals surface area contributed by atoms with E-state index in [2.05, 4.69) is 30.0 Å². The molecule has 23 heavy (non-hydrogen) atoms. The normalized spacial score (nSPS) is 24.2. The molecule has 5 heteroatoms. The summed E-state index contributed by atoms with van der Waals surface area (Å²) in [6.07, 6.45) is 5.60. The van der Waals surface area contributed by atoms with Gasteiger partial charge >= 0.3 is 0 Å². The van der Waals surface area contributed by atoms with Crippen LogP contribution in [0.1, 0.15) is 38.2 Å². The van der Waals surface area contributed by atoms with Crippen LogP contribution >= 0.6 is 12.4 Å². The van der Waals surface area contributed by atoms with Gasteiger partial charge in [0.25, 0.3) is 0 Å². The number of hydrogen-bond donors (Lipinski definition) is 1. The molecule has 0 aliphatic carbocycles. The minimum atomic E-state index is 0. The van der Waals surface area contributed by atoms with Gasteiger partial charge in [0, 0.05) is 17.8 Å². The van der Waals surface area contributed by atoms with Gasteiger partial charge in [-0.15, -0.1) is 12.4 Å². The lowest BCUT2D eigenvalue weighted by Crippen LogP contribution is -2.48. The summed E-state index contributed by atoms with van der Waals surface area (Å²) in [5.74, 6) is 0.237. The highest BCUT2D eigenvalue weighted by molar-refractivity contribution is 5.97. The van der Waals surface area contributed by atoms with Crippen LogP contribution in [-0.4, -0.2) is 42.5 Å². The van der Waals surface area contributed by atoms with Crippen molar-refractivity contribution in [2.24, 2.45) is 5.73 Å². The van der Waals surface area contributed by atoms with E-state index in [0.29, 0.717) is 19.1 Å². The number of piperidine rings is 1. The van der Waals surface area contributed by atoms with Gasteiger partial charge in [-0.05, 0) is 57.3 Å². The molecule has 1 aromatic rings. The predicted molar refractivity (Wildman–Crippen MR) is 97.2 cm³/mol. The first-order valence-corrected chi connectivity index (χ1v) is 8.54. The van der Waals surface area contributed by atoms with Gasteiger partial charge in [-0.2, -0.15) is 0 Å². The van der Waals surface area contributed by atoms with E-state index >= 15 is 0 Å². The summed E-state index contributed by atoms with van der Waals surface area (Å²) in [6, 6.07) is 9.04. The maximum absolute atomic E-state index is 12.9. The van der Waals surface area contributed by atoms with Crippen molar-refractivity contribution in [2.75, 3.05) is 24.5 Å². The summed E-state index contributed by atoms with van der Waals surface area (Å²) in [4.78, 5) is 17.2. The molecular weight excluding hydrogens is 310 g/mol. The van der Waals surface area contributed by atoms with Crippen LogP contribution in [0.3, 0.4) is 0 Å². The zero-order valence-electron chi connectivity index (χ0n) is 13.9. The molecule has 0 radical (unpaired) electrons. The summed E-state index contributed by atoms with van der Waals surface area (Å²) in [7, 11) is 0. The van der Waals surface area contributed by atoms with Gasteiger partial charge in [0.1, 0.15) is 0 Å². The van der Waals surface area contributed by atoms with Crippen molar-refractivity contribution in [3.05, 3.63) is 29.8 Å². The van der Waals surface area contributed by atoms with Crippen molar-refractivity contribution in [1.82, 2.24) is 4.90 Å². The van der Waals surface area contributed by atoms with E-state index in [9.17, 15) is 4.79 Å². The summed E-state index contributed by atoms with van der Waals surface area (Å²) < 4.78 is 0. The Morgan fingerprint density at radius 3 is 2.87 bits per heavy atom. The van der Waals surface area contributed by atoms with Crippen molar-refractivity contribution in [3.8, 4) is 0 Å². The summed E-state index contributed by atoms with van der Waals surface area (Å²) >= 11 is 0. The second-order valence-corrected chi connectivity index (χ2v) is 6.64. The summed E-state index contributed by atoms with van der Waals surface area (Å²) in [6.45, 7) is 4.41. The van der Waals surface area contributed by atoms with Gasteiger partial charge in [-0.3, -0.25) is 9.69 Å². The second kappa shape index (κ2) is 8.13. The van der Waals surface area contributed by atoms with Crippen LogP contribution in [0.25, 0.3) is 0 Å². The topological polar surface area (TPSA) is 49.6 Å². The monoisotopic (exact) mass is 337 g/mol. The molecule has 1 aromatic carbocycles. The number of benzene rings is 1. The minimum absolute atomic E-state index is 0. The van der Waals surface area contributed by atoms with Crippen molar-refractivity contribution < 1.29 is 4.79 Å². The number of amides is 1. The lowest BCUT2D eigenvalue weighted by molar-refractivity contribution is -0.121. The number of fused-ring (bicyclic) bond motifs is 1. The first-order chi connectivity index (χ1) is 10.7. The number of nitrogens with two attached hydrogens (primary N) is 1. The van der Waals surface area contributed by atoms with Gasteiger partial charge < -0.3 is 10.6 Å². The number of likely N-dealkylation sites (tertiary alicyclic amines) is 1. The molecule has 1 saturated heterocycles. The van der Waals surface area contributed by atoms with E-state index in [1.807, 2.05) is 11.0 Å². The molecule has 0 bridgehead atoms. The van der Waals surface area contributed by atoms with Crippen LogP contribution in [-0.2, 0) is 11.2 Å². The fourth-order valence-electron chi connectivity index (χ4n) is 3.98. The molecule has 0 saturated carbocycles. The van der Waals surface area contributed by atoms with Gasteiger partial charge in [-0.25, -0.2) is 0 Å². The van der Waals surface area contributed by atoms with Crippen molar-refractivity contribution in [3.63, 3.8) is 0 Å². The van der Waals surface area contributed by atoms with E-state index in [1.165, 1.54) is 24.8 Å². The largest absolute Gasteiger partial charge is 0.330 e. The highest BCUT2D eigenvalue weighted by Gasteiger charge is 2.32. The quantitative estimate of drug-likeness (QED) is 0.918. The van der Waals surface area contributed by atoms with E-state index in [-0.39, 0.29) is 24.4 Å². The van der Waals surface area contributed by atoms with Crippen LogP contribution in [0, 0.1) is 0 Å². The number of hydrogen-bond acceptors (Lipinski definition) is 3. The Morgan fingerprint density at radius 2 is 2.09 bits per heavy atom. The molecule has 4 nitrogen and oxygen atoms in total. The molecular formula is C18H28ClN3O. The van der Waals surface area contributed by atoms with E-state index in [1.54, 1.807) is 0 Å². The maximum Gasteiger partial charge on any atom is 0.241 e. The molecule has 2 aliphatic heterocycles. The van der Waals surface area contributed by atoms with E-state index < -0.39 is 0 Å². The molecule has 2 N–H and O–H groups in total. The molecule has 0 aromatic heterocycles. The minimum Gasteiger partial charge on any atom is -0.330 e. The number of para-hydroxylation sites is 1. The Kier molecular flexibility index (Phi) is 6.45. The van der Waals surface area contributed by atoms with Gasteiger partial charge in [0.2, 0.25) is 5.91 Å². The third-order valence-corrected chi connectivity index (χ3v) is 5.06. The average Bonchev–Trinajstić information content (AvgIpc) is 2.85. The van der Waals surface area contributed by atoms with Crippen molar-refractivity contribution >= 4 is 24.0 Å². The Bertz CT molecular complexity index is 535. The Hall–Kier alpha value is -1.10. The van der Waals surface area contributed by atoms with Gasteiger partial charge in [0.15, 0.2) is 0 Å². The zero-order valence-corrected chi connectivity index (χ0v) is 14.7. The second-order valence-electron chi connectivity index (χ2n) is 6.64. The summed E-state index contributed by atoms with van der Waals surface area (Å²) in [5, 5.41) is 0. The molecule has 2 heterocycles. The molecule has 3 rings (SSSR count). The number of carbonyl (C=O) groups is 1. The highest BCUT2D eigenvalue weighted by atomic mass is 35.5. The molecule has 2 atom stereocenters. The molecule has 2 aliphatic rings. The Labute approximate surface area is 145 Å². The van der Waals surface area contributed by atoms with Crippen LogP contribution in [0.2, 0.25) is 0 Å². The van der Waals surface area contributed by atoms with Crippen molar-refractivity contribution in [2.45, 2.75) is 51.1 Å². The van der Waals surface area contributed by atoms with Crippen LogP contribution < -0.4 is 10.6 Å². The lowest BCUT2D eigenvalue weighted by Gasteiger charge is -2.36.